The third kappa shape index (κ3) is 2.11. The summed E-state index contributed by atoms with van der Waals surface area (Å²) in [4.78, 5) is 0. The highest BCUT2D eigenvalue weighted by Gasteiger charge is 2.28. The van der Waals surface area contributed by atoms with Crippen LogP contribution in [0.25, 0.3) is 0 Å². The number of hydrogen-bond acceptors (Lipinski definition) is 2. The molecule has 0 spiro atoms. The summed E-state index contributed by atoms with van der Waals surface area (Å²) >= 11 is 5.63. The average Bonchev–Trinajstić information content (AvgIpc) is 1.86. The predicted molar refractivity (Wildman–Crippen MR) is 40.2 cm³/mol. The third-order valence-electron chi connectivity index (χ3n) is 1.51. The average molecular weight is 165 g/mol. The molecule has 1 rings (SSSR count). The Labute approximate surface area is 66.5 Å². The summed E-state index contributed by atoms with van der Waals surface area (Å²) in [5, 5.41) is 0. The van der Waals surface area contributed by atoms with Gasteiger partial charge in [0, 0.05) is 5.88 Å². The van der Waals surface area contributed by atoms with Crippen LogP contribution in [0.1, 0.15) is 20.3 Å². The Morgan fingerprint density at radius 1 is 1.60 bits per heavy atom. The minimum absolute atomic E-state index is 0.172. The van der Waals surface area contributed by atoms with E-state index in [2.05, 4.69) is 0 Å². The molecule has 1 aliphatic rings. The van der Waals surface area contributed by atoms with Gasteiger partial charge in [-0.2, -0.15) is 0 Å². The topological polar surface area (TPSA) is 18.5 Å². The molecule has 1 saturated heterocycles. The van der Waals surface area contributed by atoms with E-state index in [0.29, 0.717) is 5.88 Å². The maximum Gasteiger partial charge on any atom is 0.163 e. The summed E-state index contributed by atoms with van der Waals surface area (Å²) in [7, 11) is 0. The second-order valence-electron chi connectivity index (χ2n) is 2.93. The predicted octanol–water partition coefficient (Wildman–Crippen LogP) is 1.77. The maximum atomic E-state index is 5.63. The monoisotopic (exact) mass is 164 g/mol. The van der Waals surface area contributed by atoms with Crippen LogP contribution in [-0.2, 0) is 9.47 Å². The number of alkyl halides is 1. The molecule has 1 aliphatic heterocycles. The molecule has 0 bridgehead atoms. The quantitative estimate of drug-likeness (QED) is 0.550. The van der Waals surface area contributed by atoms with E-state index in [0.717, 1.165) is 13.0 Å². The van der Waals surface area contributed by atoms with Crippen LogP contribution in [0.2, 0.25) is 0 Å². The molecule has 1 fully saturated rings. The van der Waals surface area contributed by atoms with Crippen LogP contribution < -0.4 is 0 Å². The molecular weight excluding hydrogens is 152 g/mol. The van der Waals surface area contributed by atoms with Gasteiger partial charge in [0.2, 0.25) is 0 Å². The molecule has 60 valence electrons. The summed E-state index contributed by atoms with van der Waals surface area (Å²) in [5.41, 5.74) is 0. The highest BCUT2D eigenvalue weighted by molar-refractivity contribution is 6.18. The third-order valence-corrected chi connectivity index (χ3v) is 1.86. The van der Waals surface area contributed by atoms with Crippen molar-refractivity contribution in [2.24, 2.45) is 0 Å². The summed E-state index contributed by atoms with van der Waals surface area (Å²) in [6.45, 7) is 4.57. The van der Waals surface area contributed by atoms with E-state index in [1.165, 1.54) is 0 Å². The van der Waals surface area contributed by atoms with Gasteiger partial charge in [-0.3, -0.25) is 0 Å². The molecule has 2 nitrogen and oxygen atoms in total. The highest BCUT2D eigenvalue weighted by atomic mass is 35.5. The zero-order valence-electron chi connectivity index (χ0n) is 6.39. The van der Waals surface area contributed by atoms with Crippen molar-refractivity contribution in [3.63, 3.8) is 0 Å². The van der Waals surface area contributed by atoms with E-state index in [1.54, 1.807) is 0 Å². The van der Waals surface area contributed by atoms with Gasteiger partial charge in [-0.15, -0.1) is 11.6 Å². The van der Waals surface area contributed by atoms with E-state index in [4.69, 9.17) is 21.1 Å². The minimum Gasteiger partial charge on any atom is -0.350 e. The van der Waals surface area contributed by atoms with Crippen molar-refractivity contribution in [3.05, 3.63) is 0 Å². The van der Waals surface area contributed by atoms with Crippen LogP contribution in [0, 0.1) is 0 Å². The van der Waals surface area contributed by atoms with Crippen molar-refractivity contribution >= 4 is 11.6 Å². The van der Waals surface area contributed by atoms with Crippen molar-refractivity contribution < 1.29 is 9.47 Å². The molecule has 1 unspecified atom stereocenters. The van der Waals surface area contributed by atoms with Crippen molar-refractivity contribution in [2.75, 3.05) is 12.5 Å². The Morgan fingerprint density at radius 2 is 2.30 bits per heavy atom. The van der Waals surface area contributed by atoms with Crippen LogP contribution in [0.4, 0.5) is 0 Å². The molecule has 0 aromatic rings. The summed E-state index contributed by atoms with van der Waals surface area (Å²) in [5.74, 6) is 0.130. The van der Waals surface area contributed by atoms with Gasteiger partial charge in [0.05, 0.1) is 12.7 Å². The second-order valence-corrected chi connectivity index (χ2v) is 3.24. The molecule has 3 heteroatoms. The fourth-order valence-electron chi connectivity index (χ4n) is 1.04. The fraction of sp³-hybridized carbons (Fsp3) is 1.00. The molecular formula is C7H13ClO2. The van der Waals surface area contributed by atoms with Gasteiger partial charge in [0.15, 0.2) is 5.79 Å². The van der Waals surface area contributed by atoms with Gasteiger partial charge in [0.25, 0.3) is 0 Å². The largest absolute Gasteiger partial charge is 0.350 e. The molecule has 0 N–H and O–H groups in total. The molecule has 0 radical (unpaired) electrons. The van der Waals surface area contributed by atoms with Crippen molar-refractivity contribution in [3.8, 4) is 0 Å². The molecule has 1 heterocycles. The first kappa shape index (κ1) is 8.31. The van der Waals surface area contributed by atoms with E-state index in [9.17, 15) is 0 Å². The lowest BCUT2D eigenvalue weighted by Gasteiger charge is -2.35. The van der Waals surface area contributed by atoms with Gasteiger partial charge in [0.1, 0.15) is 0 Å². The Balaban J connectivity index is 2.40. The van der Waals surface area contributed by atoms with Crippen LogP contribution >= 0.6 is 11.6 Å². The van der Waals surface area contributed by atoms with Gasteiger partial charge in [-0.05, 0) is 20.3 Å². The van der Waals surface area contributed by atoms with E-state index in [1.807, 2.05) is 13.8 Å². The molecule has 0 aromatic heterocycles. The van der Waals surface area contributed by atoms with Crippen molar-refractivity contribution in [2.45, 2.75) is 32.2 Å². The van der Waals surface area contributed by atoms with Crippen molar-refractivity contribution in [1.82, 2.24) is 0 Å². The number of ether oxygens (including phenoxy) is 2. The summed E-state index contributed by atoms with van der Waals surface area (Å²) < 4.78 is 10.8. The Hall–Kier alpha value is 0.210. The SMILES string of the molecule is CC1(C)OCCC(CCl)O1. The first-order valence-electron chi connectivity index (χ1n) is 3.52. The van der Waals surface area contributed by atoms with E-state index < -0.39 is 5.79 Å². The molecule has 1 atom stereocenters. The first-order valence-corrected chi connectivity index (χ1v) is 4.05. The molecule has 0 aromatic carbocycles. The highest BCUT2D eigenvalue weighted by Crippen LogP contribution is 2.22. The van der Waals surface area contributed by atoms with E-state index >= 15 is 0 Å². The Kier molecular flexibility index (Phi) is 2.55. The fourth-order valence-corrected chi connectivity index (χ4v) is 1.26. The van der Waals surface area contributed by atoms with Crippen molar-refractivity contribution in [1.29, 1.82) is 0 Å². The second kappa shape index (κ2) is 3.07. The lowest BCUT2D eigenvalue weighted by atomic mass is 10.2. The van der Waals surface area contributed by atoms with Gasteiger partial charge >= 0.3 is 0 Å². The molecule has 0 saturated carbocycles. The van der Waals surface area contributed by atoms with Gasteiger partial charge in [-0.25, -0.2) is 0 Å². The van der Waals surface area contributed by atoms with Crippen LogP contribution in [0.15, 0.2) is 0 Å². The lowest BCUT2D eigenvalue weighted by molar-refractivity contribution is -0.268. The standard InChI is InChI=1S/C7H13ClO2/c1-7(2)9-4-3-6(5-8)10-7/h6H,3-5H2,1-2H3. The van der Waals surface area contributed by atoms with Crippen LogP contribution in [-0.4, -0.2) is 24.4 Å². The number of hydrogen-bond donors (Lipinski definition) is 0. The van der Waals surface area contributed by atoms with Gasteiger partial charge in [-0.1, -0.05) is 0 Å². The molecule has 0 aliphatic carbocycles. The molecule has 0 amide bonds. The maximum absolute atomic E-state index is 5.63. The Morgan fingerprint density at radius 3 is 2.70 bits per heavy atom. The first-order chi connectivity index (χ1) is 4.64. The molecule has 10 heavy (non-hydrogen) atoms. The van der Waals surface area contributed by atoms with Crippen LogP contribution in [0.3, 0.4) is 0 Å². The lowest BCUT2D eigenvalue weighted by Crippen LogP contribution is -2.40. The normalized spacial score (nSPS) is 32.1. The smallest absolute Gasteiger partial charge is 0.163 e. The zero-order chi connectivity index (χ0) is 7.61. The summed E-state index contributed by atoms with van der Waals surface area (Å²) in [6.07, 6.45) is 1.08. The number of halogens is 1. The Bertz CT molecular complexity index is 114. The van der Waals surface area contributed by atoms with Gasteiger partial charge < -0.3 is 9.47 Å². The zero-order valence-corrected chi connectivity index (χ0v) is 7.15. The minimum atomic E-state index is -0.433. The van der Waals surface area contributed by atoms with Crippen LogP contribution in [0.5, 0.6) is 0 Å². The van der Waals surface area contributed by atoms with E-state index in [-0.39, 0.29) is 6.10 Å². The number of rotatable bonds is 1. The summed E-state index contributed by atoms with van der Waals surface area (Å²) in [6, 6.07) is 0.